The van der Waals surface area contributed by atoms with Gasteiger partial charge in [0.25, 0.3) is 5.69 Å². The first-order chi connectivity index (χ1) is 10.6. The van der Waals surface area contributed by atoms with Gasteiger partial charge in [0.1, 0.15) is 11.9 Å². The van der Waals surface area contributed by atoms with Gasteiger partial charge < -0.3 is 4.74 Å². The van der Waals surface area contributed by atoms with Gasteiger partial charge in [-0.15, -0.1) is 0 Å². The third kappa shape index (κ3) is 4.71. The maximum atomic E-state index is 10.8. The van der Waals surface area contributed by atoms with E-state index < -0.39 is 4.92 Å². The summed E-state index contributed by atoms with van der Waals surface area (Å²) in [5.74, 6) is 0.490. The quantitative estimate of drug-likeness (QED) is 0.357. The highest BCUT2D eigenvalue weighted by Gasteiger charge is 2.15. The Morgan fingerprint density at radius 3 is 2.59 bits per heavy atom. The van der Waals surface area contributed by atoms with Crippen LogP contribution in [0.25, 0.3) is 0 Å². The standard InChI is InChI=1S/C16H15BrClNO3/c17-10-2-5-16(12-6-8-13(18)9-7-12)22-15-4-1-3-14(11-15)19(20)21/h1,3-4,6-9,11,16H,2,5,10H2. The van der Waals surface area contributed by atoms with Gasteiger partial charge in [-0.25, -0.2) is 0 Å². The van der Waals surface area contributed by atoms with Crippen LogP contribution in [-0.2, 0) is 0 Å². The second kappa shape index (κ2) is 8.15. The van der Waals surface area contributed by atoms with E-state index in [2.05, 4.69) is 15.9 Å². The summed E-state index contributed by atoms with van der Waals surface area (Å²) < 4.78 is 5.96. The third-order valence-corrected chi connectivity index (χ3v) is 3.96. The van der Waals surface area contributed by atoms with Crippen molar-refractivity contribution in [3.63, 3.8) is 0 Å². The number of ether oxygens (including phenoxy) is 1. The minimum Gasteiger partial charge on any atom is -0.485 e. The Kier molecular flexibility index (Phi) is 6.21. The van der Waals surface area contributed by atoms with E-state index >= 15 is 0 Å². The molecule has 0 saturated heterocycles. The van der Waals surface area contributed by atoms with Crippen LogP contribution in [0.4, 0.5) is 5.69 Å². The van der Waals surface area contributed by atoms with Gasteiger partial charge in [-0.1, -0.05) is 45.7 Å². The molecule has 0 bridgehead atoms. The van der Waals surface area contributed by atoms with Gasteiger partial charge in [0, 0.05) is 16.4 Å². The summed E-state index contributed by atoms with van der Waals surface area (Å²) in [6, 6.07) is 13.7. The molecule has 0 aliphatic rings. The number of hydrogen-bond donors (Lipinski definition) is 0. The van der Waals surface area contributed by atoms with E-state index in [9.17, 15) is 10.1 Å². The van der Waals surface area contributed by atoms with Crippen LogP contribution in [-0.4, -0.2) is 10.3 Å². The highest BCUT2D eigenvalue weighted by atomic mass is 79.9. The smallest absolute Gasteiger partial charge is 0.273 e. The summed E-state index contributed by atoms with van der Waals surface area (Å²) in [5, 5.41) is 12.4. The Hall–Kier alpha value is -1.59. The fourth-order valence-electron chi connectivity index (χ4n) is 2.07. The molecule has 1 unspecified atom stereocenters. The molecule has 1 atom stereocenters. The van der Waals surface area contributed by atoms with E-state index in [1.807, 2.05) is 24.3 Å². The van der Waals surface area contributed by atoms with Crippen molar-refractivity contribution < 1.29 is 9.66 Å². The molecule has 22 heavy (non-hydrogen) atoms. The van der Waals surface area contributed by atoms with Crippen LogP contribution in [0.2, 0.25) is 5.02 Å². The Bertz CT molecular complexity index is 634. The van der Waals surface area contributed by atoms with E-state index in [0.29, 0.717) is 10.8 Å². The molecule has 0 heterocycles. The zero-order chi connectivity index (χ0) is 15.9. The van der Waals surface area contributed by atoms with Crippen molar-refractivity contribution in [3.05, 3.63) is 69.2 Å². The highest BCUT2D eigenvalue weighted by molar-refractivity contribution is 9.09. The number of hydrogen-bond acceptors (Lipinski definition) is 3. The maximum Gasteiger partial charge on any atom is 0.273 e. The molecular formula is C16H15BrClNO3. The molecule has 0 N–H and O–H groups in total. The van der Waals surface area contributed by atoms with Crippen molar-refractivity contribution in [1.82, 2.24) is 0 Å². The van der Waals surface area contributed by atoms with E-state index in [1.54, 1.807) is 12.1 Å². The molecule has 0 radical (unpaired) electrons. The number of alkyl halides is 1. The zero-order valence-corrected chi connectivity index (χ0v) is 14.1. The van der Waals surface area contributed by atoms with Crippen molar-refractivity contribution in [2.24, 2.45) is 0 Å². The number of rotatable bonds is 7. The molecule has 6 heteroatoms. The summed E-state index contributed by atoms with van der Waals surface area (Å²) in [5.41, 5.74) is 1.02. The normalized spacial score (nSPS) is 11.9. The Balaban J connectivity index is 2.20. The Labute approximate surface area is 142 Å². The molecule has 0 saturated carbocycles. The average Bonchev–Trinajstić information content (AvgIpc) is 2.52. The third-order valence-electron chi connectivity index (χ3n) is 3.15. The molecule has 116 valence electrons. The monoisotopic (exact) mass is 383 g/mol. The van der Waals surface area contributed by atoms with Crippen LogP contribution in [0.15, 0.2) is 48.5 Å². The second-order valence-corrected chi connectivity index (χ2v) is 5.97. The van der Waals surface area contributed by atoms with Gasteiger partial charge in [0.05, 0.1) is 11.0 Å². The lowest BCUT2D eigenvalue weighted by Crippen LogP contribution is -2.08. The van der Waals surface area contributed by atoms with Crippen LogP contribution >= 0.6 is 27.5 Å². The minimum absolute atomic E-state index is 0.0212. The molecule has 0 aliphatic heterocycles. The first kappa shape index (κ1) is 16.8. The summed E-state index contributed by atoms with van der Waals surface area (Å²) in [6.07, 6.45) is 1.56. The van der Waals surface area contributed by atoms with Gasteiger partial charge in [0.2, 0.25) is 0 Å². The molecule has 2 aromatic rings. The molecule has 0 amide bonds. The first-order valence-corrected chi connectivity index (χ1v) is 8.32. The van der Waals surface area contributed by atoms with Crippen molar-refractivity contribution in [2.45, 2.75) is 18.9 Å². The largest absolute Gasteiger partial charge is 0.485 e. The summed E-state index contributed by atoms with van der Waals surface area (Å²) in [7, 11) is 0. The van der Waals surface area contributed by atoms with E-state index in [-0.39, 0.29) is 11.8 Å². The predicted molar refractivity (Wildman–Crippen MR) is 90.9 cm³/mol. The van der Waals surface area contributed by atoms with Crippen LogP contribution in [0.3, 0.4) is 0 Å². The summed E-state index contributed by atoms with van der Waals surface area (Å²) in [4.78, 5) is 10.4. The number of non-ortho nitro benzene ring substituents is 1. The number of benzene rings is 2. The van der Waals surface area contributed by atoms with Gasteiger partial charge in [-0.05, 0) is 36.6 Å². The van der Waals surface area contributed by atoms with Crippen LogP contribution < -0.4 is 4.74 Å². The maximum absolute atomic E-state index is 10.8. The molecule has 2 aromatic carbocycles. The molecule has 0 aromatic heterocycles. The SMILES string of the molecule is O=[N+]([O-])c1cccc(OC(CCCBr)c2ccc(Cl)cc2)c1. The Morgan fingerprint density at radius 1 is 1.23 bits per heavy atom. The number of halogens is 2. The fraction of sp³-hybridized carbons (Fsp3) is 0.250. The lowest BCUT2D eigenvalue weighted by atomic mass is 10.1. The topological polar surface area (TPSA) is 52.4 Å². The molecule has 0 fully saturated rings. The zero-order valence-electron chi connectivity index (χ0n) is 11.7. The van der Waals surface area contributed by atoms with Gasteiger partial charge in [-0.2, -0.15) is 0 Å². The van der Waals surface area contributed by atoms with Gasteiger partial charge in [0.15, 0.2) is 0 Å². The predicted octanol–water partition coefficient (Wildman–Crippen LogP) is 5.54. The number of nitrogens with zero attached hydrogens (tertiary/aromatic N) is 1. The van der Waals surface area contributed by atoms with Gasteiger partial charge >= 0.3 is 0 Å². The molecule has 0 spiro atoms. The van der Waals surface area contributed by atoms with E-state index in [4.69, 9.17) is 16.3 Å². The van der Waals surface area contributed by atoms with Crippen LogP contribution in [0.5, 0.6) is 5.75 Å². The van der Waals surface area contributed by atoms with E-state index in [0.717, 1.165) is 23.7 Å². The first-order valence-electron chi connectivity index (χ1n) is 6.82. The summed E-state index contributed by atoms with van der Waals surface area (Å²) in [6.45, 7) is 0. The van der Waals surface area contributed by atoms with E-state index in [1.165, 1.54) is 12.1 Å². The van der Waals surface area contributed by atoms with Crippen LogP contribution in [0, 0.1) is 10.1 Å². The second-order valence-electron chi connectivity index (χ2n) is 4.74. The van der Waals surface area contributed by atoms with Crippen molar-refractivity contribution in [2.75, 3.05) is 5.33 Å². The lowest BCUT2D eigenvalue weighted by molar-refractivity contribution is -0.385. The molecule has 0 aliphatic carbocycles. The number of nitro groups is 1. The van der Waals surface area contributed by atoms with Crippen LogP contribution in [0.1, 0.15) is 24.5 Å². The van der Waals surface area contributed by atoms with Gasteiger partial charge in [-0.3, -0.25) is 10.1 Å². The number of nitro benzene ring substituents is 1. The molecular weight excluding hydrogens is 370 g/mol. The van der Waals surface area contributed by atoms with Crippen molar-refractivity contribution >= 4 is 33.2 Å². The Morgan fingerprint density at radius 2 is 1.95 bits per heavy atom. The molecule has 4 nitrogen and oxygen atoms in total. The lowest BCUT2D eigenvalue weighted by Gasteiger charge is -2.19. The fourth-order valence-corrected chi connectivity index (χ4v) is 2.52. The minimum atomic E-state index is -0.428. The van der Waals surface area contributed by atoms with Crippen molar-refractivity contribution in [1.29, 1.82) is 0 Å². The average molecular weight is 385 g/mol. The summed E-state index contributed by atoms with van der Waals surface area (Å²) >= 11 is 9.33. The molecule has 2 rings (SSSR count). The highest BCUT2D eigenvalue weighted by Crippen LogP contribution is 2.29. The van der Waals surface area contributed by atoms with Crippen molar-refractivity contribution in [3.8, 4) is 5.75 Å².